The number of methoxy groups -OCH3 is 1. The topological polar surface area (TPSA) is 22.1 Å². The van der Waals surface area contributed by atoms with Crippen LogP contribution in [-0.4, -0.2) is 12.1 Å². The molecule has 0 aliphatic rings. The van der Waals surface area contributed by atoms with Gasteiger partial charge in [0.05, 0.1) is 17.2 Å². The van der Waals surface area contributed by atoms with E-state index < -0.39 is 11.9 Å². The summed E-state index contributed by atoms with van der Waals surface area (Å²) < 4.78 is 42.9. The Morgan fingerprint density at radius 1 is 1.17 bits per heavy atom. The fourth-order valence-corrected chi connectivity index (χ4v) is 2.14. The van der Waals surface area contributed by atoms with E-state index in [1.807, 2.05) is 0 Å². The van der Waals surface area contributed by atoms with Gasteiger partial charge in [0, 0.05) is 5.39 Å². The first-order valence-electron chi connectivity index (χ1n) is 4.74. The molecule has 0 saturated carbocycles. The van der Waals surface area contributed by atoms with Gasteiger partial charge in [-0.05, 0) is 18.2 Å². The summed E-state index contributed by atoms with van der Waals surface area (Å²) in [6.45, 7) is 0. The molecule has 0 fully saturated rings. The number of alkyl halides is 3. The van der Waals surface area contributed by atoms with Crippen LogP contribution in [0.3, 0.4) is 0 Å². The van der Waals surface area contributed by atoms with Gasteiger partial charge >= 0.3 is 6.18 Å². The summed E-state index contributed by atoms with van der Waals surface area (Å²) >= 11 is 11.7. The molecule has 0 spiro atoms. The molecule has 0 amide bonds. The number of nitrogens with zero attached hydrogens (tertiary/aromatic N) is 1. The molecular formula is C11H6Cl2F3NO. The molecule has 0 unspecified atom stereocenters. The molecule has 0 aliphatic carbocycles. The molecule has 2 aromatic rings. The van der Waals surface area contributed by atoms with Crippen LogP contribution in [0.25, 0.3) is 10.9 Å². The molecule has 2 nitrogen and oxygen atoms in total. The van der Waals surface area contributed by atoms with E-state index in [0.717, 1.165) is 6.07 Å². The van der Waals surface area contributed by atoms with Crippen LogP contribution >= 0.6 is 23.2 Å². The fraction of sp³-hybridized carbons (Fsp3) is 0.182. The summed E-state index contributed by atoms with van der Waals surface area (Å²) in [6.07, 6.45) is -4.58. The maximum atomic E-state index is 12.6. The zero-order valence-corrected chi connectivity index (χ0v) is 10.5. The predicted octanol–water partition coefficient (Wildman–Crippen LogP) is 4.57. The molecule has 1 aromatic carbocycles. The Balaban J connectivity index is 2.86. The highest BCUT2D eigenvalue weighted by molar-refractivity contribution is 6.42. The van der Waals surface area contributed by atoms with Crippen molar-refractivity contribution in [2.24, 2.45) is 0 Å². The van der Waals surface area contributed by atoms with Gasteiger partial charge < -0.3 is 4.74 Å². The zero-order chi connectivity index (χ0) is 13.5. The van der Waals surface area contributed by atoms with Crippen molar-refractivity contribution in [1.29, 1.82) is 0 Å². The Labute approximate surface area is 110 Å². The summed E-state index contributed by atoms with van der Waals surface area (Å²) in [6, 6.07) is 3.67. The van der Waals surface area contributed by atoms with Crippen LogP contribution in [0.5, 0.6) is 5.75 Å². The van der Waals surface area contributed by atoms with Crippen LogP contribution < -0.4 is 4.74 Å². The van der Waals surface area contributed by atoms with E-state index in [4.69, 9.17) is 27.9 Å². The molecule has 18 heavy (non-hydrogen) atoms. The van der Waals surface area contributed by atoms with Crippen molar-refractivity contribution in [2.75, 3.05) is 7.11 Å². The van der Waals surface area contributed by atoms with Crippen LogP contribution in [0, 0.1) is 0 Å². The van der Waals surface area contributed by atoms with Crippen LogP contribution in [-0.2, 0) is 6.18 Å². The minimum atomic E-state index is -4.58. The third-order valence-corrected chi connectivity index (χ3v) is 2.95. The van der Waals surface area contributed by atoms with E-state index in [9.17, 15) is 13.2 Å². The van der Waals surface area contributed by atoms with E-state index in [0.29, 0.717) is 0 Å². The number of benzene rings is 1. The van der Waals surface area contributed by atoms with Crippen LogP contribution in [0.1, 0.15) is 5.69 Å². The van der Waals surface area contributed by atoms with Gasteiger partial charge in [0.2, 0.25) is 0 Å². The van der Waals surface area contributed by atoms with E-state index in [-0.39, 0.29) is 26.7 Å². The number of rotatable bonds is 1. The van der Waals surface area contributed by atoms with E-state index >= 15 is 0 Å². The van der Waals surface area contributed by atoms with Gasteiger partial charge in [-0.2, -0.15) is 13.2 Å². The summed E-state index contributed by atoms with van der Waals surface area (Å²) in [4.78, 5) is 3.52. The Hall–Kier alpha value is -1.20. The van der Waals surface area contributed by atoms with Gasteiger partial charge in [0.15, 0.2) is 0 Å². The second-order valence-corrected chi connectivity index (χ2v) is 4.27. The highest BCUT2D eigenvalue weighted by Gasteiger charge is 2.33. The highest BCUT2D eigenvalue weighted by Crippen LogP contribution is 2.38. The molecule has 0 radical (unpaired) electrons. The van der Waals surface area contributed by atoms with E-state index in [1.54, 1.807) is 0 Å². The van der Waals surface area contributed by atoms with Gasteiger partial charge in [0.1, 0.15) is 17.0 Å². The smallest absolute Gasteiger partial charge is 0.433 e. The summed E-state index contributed by atoms with van der Waals surface area (Å²) in [5.41, 5.74) is -1.09. The Bertz CT molecular complexity index is 613. The monoisotopic (exact) mass is 295 g/mol. The molecule has 1 heterocycles. The molecule has 0 bridgehead atoms. The second-order valence-electron chi connectivity index (χ2n) is 3.46. The Kier molecular flexibility index (Phi) is 3.29. The van der Waals surface area contributed by atoms with E-state index in [2.05, 4.69) is 4.98 Å². The molecule has 0 saturated heterocycles. The minimum absolute atomic E-state index is 0.00942. The fourth-order valence-electron chi connectivity index (χ4n) is 1.54. The first-order chi connectivity index (χ1) is 8.34. The van der Waals surface area contributed by atoms with Gasteiger partial charge in [0.25, 0.3) is 0 Å². The Morgan fingerprint density at radius 2 is 1.83 bits per heavy atom. The van der Waals surface area contributed by atoms with Crippen LogP contribution in [0.4, 0.5) is 13.2 Å². The molecule has 1 aromatic heterocycles. The molecule has 7 heteroatoms. The second kappa shape index (κ2) is 4.48. The van der Waals surface area contributed by atoms with Gasteiger partial charge in [-0.1, -0.05) is 23.2 Å². The van der Waals surface area contributed by atoms with Crippen molar-refractivity contribution >= 4 is 34.1 Å². The summed E-state index contributed by atoms with van der Waals surface area (Å²) in [5.74, 6) is 0.183. The standard InChI is InChI=1S/C11H6Cl2F3NO/c1-18-7-3-2-5(12)9-6(13)4-8(11(14,15)16)17-10(7)9/h2-4H,1H3. The predicted molar refractivity (Wildman–Crippen MR) is 63.3 cm³/mol. The van der Waals surface area contributed by atoms with Crippen LogP contribution in [0.15, 0.2) is 18.2 Å². The number of hydrogen-bond donors (Lipinski definition) is 0. The Morgan fingerprint density at radius 3 is 2.39 bits per heavy atom. The van der Waals surface area contributed by atoms with E-state index in [1.165, 1.54) is 19.2 Å². The summed E-state index contributed by atoms with van der Waals surface area (Å²) in [5, 5.41) is 0.346. The lowest BCUT2D eigenvalue weighted by molar-refractivity contribution is -0.140. The normalized spacial score (nSPS) is 11.9. The van der Waals surface area contributed by atoms with Crippen molar-refractivity contribution in [3.8, 4) is 5.75 Å². The lowest BCUT2D eigenvalue weighted by atomic mass is 10.2. The van der Waals surface area contributed by atoms with Crippen molar-refractivity contribution in [3.63, 3.8) is 0 Å². The molecule has 0 N–H and O–H groups in total. The molecule has 2 rings (SSSR count). The van der Waals surface area contributed by atoms with Crippen molar-refractivity contribution in [1.82, 2.24) is 4.98 Å². The zero-order valence-electron chi connectivity index (χ0n) is 8.98. The van der Waals surface area contributed by atoms with Gasteiger partial charge in [-0.3, -0.25) is 0 Å². The first-order valence-corrected chi connectivity index (χ1v) is 5.50. The largest absolute Gasteiger partial charge is 0.494 e. The van der Waals surface area contributed by atoms with Gasteiger partial charge in [-0.25, -0.2) is 4.98 Å². The number of fused-ring (bicyclic) bond motifs is 1. The van der Waals surface area contributed by atoms with Crippen LogP contribution in [0.2, 0.25) is 10.0 Å². The molecule has 0 aliphatic heterocycles. The maximum absolute atomic E-state index is 12.6. The average Bonchev–Trinajstić information content (AvgIpc) is 2.27. The first kappa shape index (κ1) is 13.2. The number of hydrogen-bond acceptors (Lipinski definition) is 2. The van der Waals surface area contributed by atoms with Crippen molar-refractivity contribution < 1.29 is 17.9 Å². The van der Waals surface area contributed by atoms with Crippen molar-refractivity contribution in [3.05, 3.63) is 33.9 Å². The van der Waals surface area contributed by atoms with Gasteiger partial charge in [-0.15, -0.1) is 0 Å². The number of halogens is 5. The summed E-state index contributed by atoms with van der Waals surface area (Å²) in [7, 11) is 1.33. The lowest BCUT2D eigenvalue weighted by Crippen LogP contribution is -2.08. The third-order valence-electron chi connectivity index (χ3n) is 2.33. The SMILES string of the molecule is COc1ccc(Cl)c2c(Cl)cc(C(F)(F)F)nc12. The quantitative estimate of drug-likeness (QED) is 0.769. The third kappa shape index (κ3) is 2.20. The number of aromatic nitrogens is 1. The lowest BCUT2D eigenvalue weighted by Gasteiger charge is -2.11. The molecule has 0 atom stereocenters. The molecule has 96 valence electrons. The number of pyridine rings is 1. The average molecular weight is 296 g/mol. The van der Waals surface area contributed by atoms with Crippen molar-refractivity contribution in [2.45, 2.75) is 6.18 Å². The minimum Gasteiger partial charge on any atom is -0.494 e. The highest BCUT2D eigenvalue weighted by atomic mass is 35.5. The number of ether oxygens (including phenoxy) is 1. The molecular weight excluding hydrogens is 290 g/mol. The maximum Gasteiger partial charge on any atom is 0.433 e.